The van der Waals surface area contributed by atoms with Crippen molar-refractivity contribution in [2.24, 2.45) is 5.73 Å². The highest BCUT2D eigenvalue weighted by Gasteiger charge is 2.16. The third-order valence-electron chi connectivity index (χ3n) is 3.82. The molecular formula is C17H18N2S. The van der Waals surface area contributed by atoms with Crippen LogP contribution >= 0.6 is 12.2 Å². The molecule has 3 rings (SSSR count). The molecule has 102 valence electrons. The van der Waals surface area contributed by atoms with Gasteiger partial charge in [-0.15, -0.1) is 0 Å². The first kappa shape index (κ1) is 13.1. The molecule has 0 saturated heterocycles. The smallest absolute Gasteiger partial charge is 0.103 e. The van der Waals surface area contributed by atoms with Gasteiger partial charge in [-0.3, -0.25) is 0 Å². The second kappa shape index (κ2) is 5.63. The van der Waals surface area contributed by atoms with Crippen LogP contribution in [0.3, 0.4) is 0 Å². The average molecular weight is 282 g/mol. The lowest BCUT2D eigenvalue weighted by Gasteiger charge is -2.31. The fourth-order valence-corrected chi connectivity index (χ4v) is 2.91. The summed E-state index contributed by atoms with van der Waals surface area (Å²) in [6.45, 7) is 2.06. The molecule has 20 heavy (non-hydrogen) atoms. The lowest BCUT2D eigenvalue weighted by molar-refractivity contribution is 0.691. The van der Waals surface area contributed by atoms with Gasteiger partial charge in [0, 0.05) is 24.3 Å². The van der Waals surface area contributed by atoms with Gasteiger partial charge in [-0.2, -0.15) is 0 Å². The summed E-state index contributed by atoms with van der Waals surface area (Å²) in [5.41, 5.74) is 10.7. The molecule has 2 N–H and O–H groups in total. The Hall–Kier alpha value is -1.87. The van der Waals surface area contributed by atoms with E-state index < -0.39 is 0 Å². The van der Waals surface area contributed by atoms with Crippen molar-refractivity contribution >= 4 is 22.9 Å². The number of benzene rings is 2. The summed E-state index contributed by atoms with van der Waals surface area (Å²) < 4.78 is 0. The Kier molecular flexibility index (Phi) is 3.70. The van der Waals surface area contributed by atoms with Crippen LogP contribution in [0.15, 0.2) is 48.5 Å². The van der Waals surface area contributed by atoms with E-state index in [1.54, 1.807) is 0 Å². The van der Waals surface area contributed by atoms with Crippen LogP contribution in [0.1, 0.15) is 23.1 Å². The molecule has 0 atom stereocenters. The highest BCUT2D eigenvalue weighted by atomic mass is 32.1. The summed E-state index contributed by atoms with van der Waals surface area (Å²) in [4.78, 5) is 2.91. The summed E-state index contributed by atoms with van der Waals surface area (Å²) in [5, 5.41) is 0. The van der Waals surface area contributed by atoms with Crippen molar-refractivity contribution in [2.75, 3.05) is 11.4 Å². The van der Waals surface area contributed by atoms with Gasteiger partial charge in [-0.25, -0.2) is 0 Å². The van der Waals surface area contributed by atoms with Gasteiger partial charge in [-0.05, 0) is 30.0 Å². The summed E-state index contributed by atoms with van der Waals surface area (Å²) in [6.07, 6.45) is 2.41. The van der Waals surface area contributed by atoms with Crippen molar-refractivity contribution in [3.8, 4) is 0 Å². The Balaban J connectivity index is 1.80. The van der Waals surface area contributed by atoms with Gasteiger partial charge in [0.25, 0.3) is 0 Å². The third kappa shape index (κ3) is 2.68. The molecule has 0 aromatic heterocycles. The summed E-state index contributed by atoms with van der Waals surface area (Å²) in [5.74, 6) is 0. The highest BCUT2D eigenvalue weighted by Crippen LogP contribution is 2.28. The van der Waals surface area contributed by atoms with Crippen LogP contribution in [-0.2, 0) is 13.0 Å². The van der Waals surface area contributed by atoms with Gasteiger partial charge < -0.3 is 10.6 Å². The molecule has 0 aliphatic carbocycles. The molecule has 1 aliphatic rings. The van der Waals surface area contributed by atoms with E-state index in [9.17, 15) is 0 Å². The summed E-state index contributed by atoms with van der Waals surface area (Å²) in [6, 6.07) is 16.9. The quantitative estimate of drug-likeness (QED) is 0.876. The normalized spacial score (nSPS) is 13.9. The molecule has 3 heteroatoms. The van der Waals surface area contributed by atoms with Crippen molar-refractivity contribution in [3.63, 3.8) is 0 Å². The molecule has 0 bridgehead atoms. The van der Waals surface area contributed by atoms with Gasteiger partial charge >= 0.3 is 0 Å². The number of para-hydroxylation sites is 1. The van der Waals surface area contributed by atoms with Gasteiger partial charge in [0.1, 0.15) is 4.99 Å². The molecule has 0 spiro atoms. The molecule has 1 heterocycles. The average Bonchev–Trinajstić information content (AvgIpc) is 2.48. The van der Waals surface area contributed by atoms with Crippen LogP contribution in [0.5, 0.6) is 0 Å². The second-order valence-electron chi connectivity index (χ2n) is 5.21. The molecule has 0 saturated carbocycles. The monoisotopic (exact) mass is 282 g/mol. The summed E-state index contributed by atoms with van der Waals surface area (Å²) >= 11 is 4.99. The zero-order chi connectivity index (χ0) is 13.9. The number of thiocarbonyl (C=S) groups is 1. The topological polar surface area (TPSA) is 29.3 Å². The number of anilines is 1. The van der Waals surface area contributed by atoms with Crippen molar-refractivity contribution in [3.05, 3.63) is 65.2 Å². The van der Waals surface area contributed by atoms with Crippen LogP contribution in [0.4, 0.5) is 5.69 Å². The predicted octanol–water partition coefficient (Wildman–Crippen LogP) is 3.27. The maximum atomic E-state index is 5.63. The maximum Gasteiger partial charge on any atom is 0.103 e. The number of rotatable bonds is 3. The molecule has 1 aliphatic heterocycles. The van der Waals surface area contributed by atoms with Crippen LogP contribution < -0.4 is 10.6 Å². The Morgan fingerprint density at radius 2 is 1.85 bits per heavy atom. The first-order valence-electron chi connectivity index (χ1n) is 6.95. The number of hydrogen-bond acceptors (Lipinski definition) is 2. The Morgan fingerprint density at radius 3 is 2.60 bits per heavy atom. The van der Waals surface area contributed by atoms with E-state index in [2.05, 4.69) is 41.3 Å². The minimum atomic E-state index is 0.458. The lowest BCUT2D eigenvalue weighted by Crippen LogP contribution is -2.28. The standard InChI is InChI=1S/C17H18N2S/c18-17(20)15-9-7-13(8-10-15)12-19-11-3-5-14-4-1-2-6-16(14)19/h1-2,4,6-10H,3,5,11-12H2,(H2,18,20). The van der Waals surface area contributed by atoms with Crippen molar-refractivity contribution < 1.29 is 0 Å². The molecular weight excluding hydrogens is 264 g/mol. The zero-order valence-electron chi connectivity index (χ0n) is 11.4. The number of nitrogens with zero attached hydrogens (tertiary/aromatic N) is 1. The molecule has 0 amide bonds. The molecule has 2 nitrogen and oxygen atoms in total. The SMILES string of the molecule is NC(=S)c1ccc(CN2CCCc3ccccc32)cc1. The Labute approximate surface area is 125 Å². The minimum Gasteiger partial charge on any atom is -0.389 e. The molecule has 0 unspecified atom stereocenters. The van der Waals surface area contributed by atoms with Gasteiger partial charge in [-0.1, -0.05) is 54.7 Å². The van der Waals surface area contributed by atoms with E-state index in [-0.39, 0.29) is 0 Å². The van der Waals surface area contributed by atoms with Crippen molar-refractivity contribution in [1.29, 1.82) is 0 Å². The van der Waals surface area contributed by atoms with E-state index in [4.69, 9.17) is 18.0 Å². The van der Waals surface area contributed by atoms with E-state index in [1.807, 2.05) is 12.1 Å². The fourth-order valence-electron chi connectivity index (χ4n) is 2.77. The molecule has 2 aromatic rings. The van der Waals surface area contributed by atoms with Crippen LogP contribution in [-0.4, -0.2) is 11.5 Å². The largest absolute Gasteiger partial charge is 0.389 e. The van der Waals surface area contributed by atoms with Gasteiger partial charge in [0.15, 0.2) is 0 Å². The molecule has 0 radical (unpaired) electrons. The summed E-state index contributed by atoms with van der Waals surface area (Å²) in [7, 11) is 0. The van der Waals surface area contributed by atoms with Crippen LogP contribution in [0, 0.1) is 0 Å². The molecule has 2 aromatic carbocycles. The van der Waals surface area contributed by atoms with E-state index in [0.717, 1.165) is 18.7 Å². The second-order valence-corrected chi connectivity index (χ2v) is 5.65. The van der Waals surface area contributed by atoms with Crippen molar-refractivity contribution in [1.82, 2.24) is 0 Å². The minimum absolute atomic E-state index is 0.458. The van der Waals surface area contributed by atoms with Crippen molar-refractivity contribution in [2.45, 2.75) is 19.4 Å². The van der Waals surface area contributed by atoms with Crippen LogP contribution in [0.25, 0.3) is 0 Å². The highest BCUT2D eigenvalue weighted by molar-refractivity contribution is 7.80. The van der Waals surface area contributed by atoms with Gasteiger partial charge in [0.2, 0.25) is 0 Å². The van der Waals surface area contributed by atoms with Crippen LogP contribution in [0.2, 0.25) is 0 Å². The number of hydrogen-bond donors (Lipinski definition) is 1. The first-order chi connectivity index (χ1) is 9.74. The number of aryl methyl sites for hydroxylation is 1. The Bertz CT molecular complexity index is 619. The predicted molar refractivity (Wildman–Crippen MR) is 88.1 cm³/mol. The van der Waals surface area contributed by atoms with Gasteiger partial charge in [0.05, 0.1) is 0 Å². The number of fused-ring (bicyclic) bond motifs is 1. The number of nitrogens with two attached hydrogens (primary N) is 1. The third-order valence-corrected chi connectivity index (χ3v) is 4.05. The van der Waals surface area contributed by atoms with E-state index >= 15 is 0 Å². The van der Waals surface area contributed by atoms with E-state index in [0.29, 0.717) is 4.99 Å². The van der Waals surface area contributed by atoms with E-state index in [1.165, 1.54) is 29.7 Å². The fraction of sp³-hybridized carbons (Fsp3) is 0.235. The Morgan fingerprint density at radius 1 is 1.10 bits per heavy atom. The maximum absolute atomic E-state index is 5.63. The lowest BCUT2D eigenvalue weighted by atomic mass is 10.0. The first-order valence-corrected chi connectivity index (χ1v) is 7.36. The molecule has 0 fully saturated rings. The zero-order valence-corrected chi connectivity index (χ0v) is 12.2.